The molecule has 0 saturated carbocycles. The van der Waals surface area contributed by atoms with E-state index in [-0.39, 0.29) is 6.04 Å². The van der Waals surface area contributed by atoms with Crippen molar-refractivity contribution in [2.75, 3.05) is 26.1 Å². The lowest BCUT2D eigenvalue weighted by molar-refractivity contribution is 0.184. The van der Waals surface area contributed by atoms with E-state index in [0.29, 0.717) is 6.61 Å². The molecule has 1 unspecified atom stereocenters. The Morgan fingerprint density at radius 2 is 2.11 bits per heavy atom. The van der Waals surface area contributed by atoms with Crippen molar-refractivity contribution < 1.29 is 9.47 Å². The number of hydrogen-bond donors (Lipinski definition) is 1. The first-order chi connectivity index (χ1) is 9.28. The molecule has 1 heterocycles. The Morgan fingerprint density at radius 1 is 1.26 bits per heavy atom. The summed E-state index contributed by atoms with van der Waals surface area (Å²) >= 11 is 0. The Labute approximate surface area is 113 Å². The maximum Gasteiger partial charge on any atom is 0.134 e. The second-order valence-corrected chi connectivity index (χ2v) is 4.45. The van der Waals surface area contributed by atoms with E-state index >= 15 is 0 Å². The second kappa shape index (κ2) is 6.38. The smallest absolute Gasteiger partial charge is 0.134 e. The summed E-state index contributed by atoms with van der Waals surface area (Å²) in [5.41, 5.74) is 0. The van der Waals surface area contributed by atoms with E-state index < -0.39 is 0 Å². The summed E-state index contributed by atoms with van der Waals surface area (Å²) in [7, 11) is 3.39. The van der Waals surface area contributed by atoms with Crippen molar-refractivity contribution in [2.24, 2.45) is 0 Å². The molecule has 1 aromatic heterocycles. The van der Waals surface area contributed by atoms with Crippen LogP contribution in [0.15, 0.2) is 30.5 Å². The standard InChI is InChI=1S/C15H20N2O2/c1-4-12(10-18-2)17-15-14-6-5-13(19-3)9-11(14)7-8-16-15/h5-9,12H,4,10H2,1-3H3,(H,16,17). The normalized spacial score (nSPS) is 12.4. The molecule has 0 aliphatic heterocycles. The molecule has 0 aliphatic rings. The molecule has 1 atom stereocenters. The summed E-state index contributed by atoms with van der Waals surface area (Å²) in [6.07, 6.45) is 2.80. The molecule has 1 aromatic carbocycles. The fourth-order valence-electron chi connectivity index (χ4n) is 2.05. The molecule has 102 valence electrons. The molecule has 1 N–H and O–H groups in total. The molecular formula is C15H20N2O2. The number of rotatable bonds is 6. The fraction of sp³-hybridized carbons (Fsp3) is 0.400. The van der Waals surface area contributed by atoms with Gasteiger partial charge in [-0.05, 0) is 36.1 Å². The number of nitrogens with zero attached hydrogens (tertiary/aromatic N) is 1. The van der Waals surface area contributed by atoms with Crippen LogP contribution >= 0.6 is 0 Å². The maximum atomic E-state index is 5.24. The molecule has 19 heavy (non-hydrogen) atoms. The third-order valence-electron chi connectivity index (χ3n) is 3.17. The molecule has 0 spiro atoms. The molecule has 0 fully saturated rings. The predicted octanol–water partition coefficient (Wildman–Crippen LogP) is 3.08. The summed E-state index contributed by atoms with van der Waals surface area (Å²) in [4.78, 5) is 4.42. The van der Waals surface area contributed by atoms with Crippen LogP contribution in [0.25, 0.3) is 10.8 Å². The van der Waals surface area contributed by atoms with E-state index in [0.717, 1.165) is 28.8 Å². The van der Waals surface area contributed by atoms with Crippen molar-refractivity contribution in [3.8, 4) is 5.75 Å². The summed E-state index contributed by atoms with van der Waals surface area (Å²) in [5, 5.41) is 5.64. The highest BCUT2D eigenvalue weighted by Crippen LogP contribution is 2.25. The highest BCUT2D eigenvalue weighted by atomic mass is 16.5. The van der Waals surface area contributed by atoms with Crippen LogP contribution in [-0.4, -0.2) is 31.9 Å². The topological polar surface area (TPSA) is 43.4 Å². The average molecular weight is 260 g/mol. The number of pyridine rings is 1. The summed E-state index contributed by atoms with van der Waals surface area (Å²) < 4.78 is 10.4. The first kappa shape index (κ1) is 13.6. The molecule has 2 rings (SSSR count). The average Bonchev–Trinajstić information content (AvgIpc) is 2.46. The van der Waals surface area contributed by atoms with Gasteiger partial charge in [-0.3, -0.25) is 0 Å². The minimum Gasteiger partial charge on any atom is -0.497 e. The van der Waals surface area contributed by atoms with Crippen LogP contribution in [0, 0.1) is 0 Å². The van der Waals surface area contributed by atoms with Crippen molar-refractivity contribution in [3.63, 3.8) is 0 Å². The predicted molar refractivity (Wildman–Crippen MR) is 77.9 cm³/mol. The lowest BCUT2D eigenvalue weighted by atomic mass is 10.1. The van der Waals surface area contributed by atoms with Gasteiger partial charge in [0.1, 0.15) is 11.6 Å². The van der Waals surface area contributed by atoms with Gasteiger partial charge in [0.2, 0.25) is 0 Å². The van der Waals surface area contributed by atoms with Gasteiger partial charge < -0.3 is 14.8 Å². The lowest BCUT2D eigenvalue weighted by Gasteiger charge is -2.18. The van der Waals surface area contributed by atoms with Crippen LogP contribution in [0.5, 0.6) is 5.75 Å². The molecule has 2 aromatic rings. The van der Waals surface area contributed by atoms with Crippen molar-refractivity contribution in [2.45, 2.75) is 19.4 Å². The Kier molecular flexibility index (Phi) is 4.58. The first-order valence-electron chi connectivity index (χ1n) is 6.46. The largest absolute Gasteiger partial charge is 0.497 e. The van der Waals surface area contributed by atoms with Crippen molar-refractivity contribution in [1.82, 2.24) is 4.98 Å². The molecule has 0 aliphatic carbocycles. The zero-order valence-corrected chi connectivity index (χ0v) is 11.6. The number of fused-ring (bicyclic) bond motifs is 1. The molecule has 0 saturated heterocycles. The van der Waals surface area contributed by atoms with Gasteiger partial charge in [-0.2, -0.15) is 0 Å². The number of nitrogens with one attached hydrogen (secondary N) is 1. The van der Waals surface area contributed by atoms with E-state index in [2.05, 4.69) is 17.2 Å². The van der Waals surface area contributed by atoms with Crippen molar-refractivity contribution >= 4 is 16.6 Å². The molecule has 0 amide bonds. The number of ether oxygens (including phenoxy) is 2. The highest BCUT2D eigenvalue weighted by Gasteiger charge is 2.09. The Hall–Kier alpha value is -1.81. The molecule has 0 bridgehead atoms. The zero-order chi connectivity index (χ0) is 13.7. The van der Waals surface area contributed by atoms with Crippen LogP contribution in [0.1, 0.15) is 13.3 Å². The monoisotopic (exact) mass is 260 g/mol. The van der Waals surface area contributed by atoms with Gasteiger partial charge in [0.25, 0.3) is 0 Å². The third-order valence-corrected chi connectivity index (χ3v) is 3.17. The van der Waals surface area contributed by atoms with Crippen LogP contribution in [0.4, 0.5) is 5.82 Å². The van der Waals surface area contributed by atoms with E-state index in [1.54, 1.807) is 14.2 Å². The fourth-order valence-corrected chi connectivity index (χ4v) is 2.05. The van der Waals surface area contributed by atoms with Gasteiger partial charge in [-0.1, -0.05) is 6.92 Å². The molecule has 0 radical (unpaired) electrons. The van der Waals surface area contributed by atoms with E-state index in [4.69, 9.17) is 9.47 Å². The van der Waals surface area contributed by atoms with Crippen LogP contribution in [0.2, 0.25) is 0 Å². The lowest BCUT2D eigenvalue weighted by Crippen LogP contribution is -2.24. The minimum atomic E-state index is 0.269. The summed E-state index contributed by atoms with van der Waals surface area (Å²) in [5.74, 6) is 1.75. The molecule has 4 heteroatoms. The molecule has 4 nitrogen and oxygen atoms in total. The van der Waals surface area contributed by atoms with Crippen molar-refractivity contribution in [1.29, 1.82) is 0 Å². The quantitative estimate of drug-likeness (QED) is 0.866. The SMILES string of the molecule is CCC(COC)Nc1nccc2cc(OC)ccc12. The van der Waals surface area contributed by atoms with Gasteiger partial charge in [0, 0.05) is 18.7 Å². The Morgan fingerprint density at radius 3 is 2.79 bits per heavy atom. The third kappa shape index (κ3) is 3.15. The Bertz CT molecular complexity index is 543. The van der Waals surface area contributed by atoms with Gasteiger partial charge in [-0.25, -0.2) is 4.98 Å². The van der Waals surface area contributed by atoms with E-state index in [1.807, 2.05) is 30.5 Å². The number of aromatic nitrogens is 1. The van der Waals surface area contributed by atoms with Crippen LogP contribution in [0.3, 0.4) is 0 Å². The number of methoxy groups -OCH3 is 2. The number of benzene rings is 1. The second-order valence-electron chi connectivity index (χ2n) is 4.45. The number of hydrogen-bond acceptors (Lipinski definition) is 4. The van der Waals surface area contributed by atoms with E-state index in [1.165, 1.54) is 0 Å². The van der Waals surface area contributed by atoms with Gasteiger partial charge >= 0.3 is 0 Å². The van der Waals surface area contributed by atoms with Gasteiger partial charge in [0.15, 0.2) is 0 Å². The minimum absolute atomic E-state index is 0.269. The van der Waals surface area contributed by atoms with Gasteiger partial charge in [-0.15, -0.1) is 0 Å². The van der Waals surface area contributed by atoms with Crippen LogP contribution in [-0.2, 0) is 4.74 Å². The van der Waals surface area contributed by atoms with Crippen molar-refractivity contribution in [3.05, 3.63) is 30.5 Å². The van der Waals surface area contributed by atoms with Gasteiger partial charge in [0.05, 0.1) is 19.8 Å². The zero-order valence-electron chi connectivity index (χ0n) is 11.6. The van der Waals surface area contributed by atoms with E-state index in [9.17, 15) is 0 Å². The van der Waals surface area contributed by atoms with Crippen LogP contribution < -0.4 is 10.1 Å². The highest BCUT2D eigenvalue weighted by molar-refractivity contribution is 5.92. The maximum absolute atomic E-state index is 5.24. The summed E-state index contributed by atoms with van der Waals surface area (Å²) in [6.45, 7) is 2.80. The Balaban J connectivity index is 2.32. The first-order valence-corrected chi connectivity index (χ1v) is 6.46. The number of anilines is 1. The molecular weight excluding hydrogens is 240 g/mol. The summed E-state index contributed by atoms with van der Waals surface area (Å²) in [6, 6.07) is 8.25.